The summed E-state index contributed by atoms with van der Waals surface area (Å²) in [6.45, 7) is 2.18. The maximum absolute atomic E-state index is 10.4. The highest BCUT2D eigenvalue weighted by molar-refractivity contribution is 5.64. The molecule has 0 aliphatic heterocycles. The van der Waals surface area contributed by atoms with Crippen molar-refractivity contribution in [3.8, 4) is 5.75 Å². The fourth-order valence-electron chi connectivity index (χ4n) is 3.56. The van der Waals surface area contributed by atoms with E-state index >= 15 is 0 Å². The van der Waals surface area contributed by atoms with Crippen LogP contribution in [-0.4, -0.2) is 5.11 Å². The molecule has 0 aromatic heterocycles. The number of rotatable bonds is 1. The summed E-state index contributed by atoms with van der Waals surface area (Å²) in [7, 11) is 0. The summed E-state index contributed by atoms with van der Waals surface area (Å²) in [5.74, 6) is 1.74. The lowest BCUT2D eigenvalue weighted by Crippen LogP contribution is -2.18. The van der Waals surface area contributed by atoms with Gasteiger partial charge in [0.2, 0.25) is 0 Å². The van der Waals surface area contributed by atoms with Gasteiger partial charge in [0.25, 0.3) is 0 Å². The number of phenols is 1. The van der Waals surface area contributed by atoms with Gasteiger partial charge in [-0.2, -0.15) is 0 Å². The molecule has 0 radical (unpaired) electrons. The van der Waals surface area contributed by atoms with E-state index in [2.05, 4.69) is 55.5 Å². The van der Waals surface area contributed by atoms with Crippen LogP contribution in [0.2, 0.25) is 0 Å². The fourth-order valence-corrected chi connectivity index (χ4v) is 3.56. The molecule has 22 heavy (non-hydrogen) atoms. The Hall–Kier alpha value is -2.67. The molecule has 0 saturated carbocycles. The first-order valence-electron chi connectivity index (χ1n) is 7.57. The third kappa shape index (κ3) is 1.82. The van der Waals surface area contributed by atoms with Crippen LogP contribution < -0.4 is 0 Å². The van der Waals surface area contributed by atoms with Crippen molar-refractivity contribution in [2.45, 2.75) is 12.8 Å². The van der Waals surface area contributed by atoms with E-state index in [9.17, 15) is 5.11 Å². The molecular weight excluding hydrogens is 268 g/mol. The van der Waals surface area contributed by atoms with Crippen molar-refractivity contribution in [3.63, 3.8) is 0 Å². The van der Waals surface area contributed by atoms with E-state index in [1.54, 1.807) is 6.07 Å². The zero-order valence-electron chi connectivity index (χ0n) is 12.5. The number of para-hydroxylation sites is 1. The summed E-state index contributed by atoms with van der Waals surface area (Å²) in [5, 5.41) is 10.4. The summed E-state index contributed by atoms with van der Waals surface area (Å²) in [6.07, 6.45) is 0. The summed E-state index contributed by atoms with van der Waals surface area (Å²) >= 11 is 0. The number of hydrogen-bond acceptors (Lipinski definition) is 1. The summed E-state index contributed by atoms with van der Waals surface area (Å²) < 4.78 is 0. The molecular formula is C21H17O+. The standard InChI is InChI=1S/C21H16O/c1-14-15-8-2-4-10-17(15)21(18-11-5-3-9-16(14)18)19-12-6-7-13-20(19)22/h2-13,21H,1H3/p+1. The van der Waals surface area contributed by atoms with Crippen molar-refractivity contribution < 1.29 is 5.11 Å². The van der Waals surface area contributed by atoms with E-state index in [0.29, 0.717) is 5.75 Å². The number of hydrogen-bond donors (Lipinski definition) is 1. The van der Waals surface area contributed by atoms with E-state index in [-0.39, 0.29) is 5.92 Å². The Labute approximate surface area is 130 Å². The minimum Gasteiger partial charge on any atom is -0.508 e. The zero-order valence-corrected chi connectivity index (χ0v) is 12.5. The smallest absolute Gasteiger partial charge is 0.121 e. The van der Waals surface area contributed by atoms with Crippen LogP contribution in [0.15, 0.2) is 72.8 Å². The van der Waals surface area contributed by atoms with Crippen molar-refractivity contribution >= 4 is 0 Å². The average molecular weight is 285 g/mol. The minimum atomic E-state index is 0.0808. The van der Waals surface area contributed by atoms with Gasteiger partial charge in [-0.05, 0) is 49.4 Å². The Balaban J connectivity index is 2.03. The molecule has 0 saturated heterocycles. The van der Waals surface area contributed by atoms with Crippen LogP contribution in [0.4, 0.5) is 0 Å². The quantitative estimate of drug-likeness (QED) is 0.632. The van der Waals surface area contributed by atoms with Gasteiger partial charge in [-0.15, -0.1) is 0 Å². The molecule has 1 heteroatoms. The van der Waals surface area contributed by atoms with Crippen molar-refractivity contribution in [1.29, 1.82) is 0 Å². The molecule has 1 aliphatic carbocycles. The van der Waals surface area contributed by atoms with Crippen molar-refractivity contribution in [1.82, 2.24) is 0 Å². The lowest BCUT2D eigenvalue weighted by Gasteiger charge is -2.27. The van der Waals surface area contributed by atoms with E-state index in [1.807, 2.05) is 18.2 Å². The third-order valence-corrected chi connectivity index (χ3v) is 4.60. The van der Waals surface area contributed by atoms with Crippen LogP contribution >= 0.6 is 0 Å². The molecule has 3 aromatic rings. The Bertz CT molecular complexity index is 787. The molecule has 106 valence electrons. The molecule has 0 heterocycles. The first-order chi connectivity index (χ1) is 10.8. The molecule has 4 rings (SSSR count). The number of aromatic hydroxyl groups is 1. The molecule has 0 atom stereocenters. The molecule has 3 aromatic carbocycles. The Morgan fingerprint density at radius 1 is 0.682 bits per heavy atom. The number of phenolic OH excluding ortho intramolecular Hbond substituents is 1. The van der Waals surface area contributed by atoms with Crippen LogP contribution in [0.25, 0.3) is 0 Å². The first kappa shape index (κ1) is 13.0. The second-order valence-electron chi connectivity index (χ2n) is 5.79. The molecule has 0 bridgehead atoms. The average Bonchev–Trinajstić information content (AvgIpc) is 2.57. The van der Waals surface area contributed by atoms with Crippen LogP contribution in [0.1, 0.15) is 40.7 Å². The third-order valence-electron chi connectivity index (χ3n) is 4.60. The van der Waals surface area contributed by atoms with Gasteiger partial charge in [-0.1, -0.05) is 18.2 Å². The molecule has 0 amide bonds. The van der Waals surface area contributed by atoms with Gasteiger partial charge in [0.1, 0.15) is 5.75 Å². The highest BCUT2D eigenvalue weighted by atomic mass is 16.3. The molecule has 0 fully saturated rings. The predicted molar refractivity (Wildman–Crippen MR) is 89.1 cm³/mol. The predicted octanol–water partition coefficient (Wildman–Crippen LogP) is 4.88. The van der Waals surface area contributed by atoms with E-state index < -0.39 is 0 Å². The van der Waals surface area contributed by atoms with Gasteiger partial charge in [0.05, 0.1) is 17.0 Å². The van der Waals surface area contributed by atoms with Gasteiger partial charge >= 0.3 is 0 Å². The molecule has 0 unspecified atom stereocenters. The summed E-state index contributed by atoms with van der Waals surface area (Å²) in [5.41, 5.74) is 6.04. The Morgan fingerprint density at radius 3 is 1.68 bits per heavy atom. The van der Waals surface area contributed by atoms with Crippen LogP contribution in [0, 0.1) is 5.92 Å². The van der Waals surface area contributed by atoms with Crippen LogP contribution in [0.3, 0.4) is 0 Å². The van der Waals surface area contributed by atoms with E-state index in [1.165, 1.54) is 28.2 Å². The van der Waals surface area contributed by atoms with Crippen molar-refractivity contribution in [2.24, 2.45) is 0 Å². The molecule has 1 aliphatic rings. The lowest BCUT2D eigenvalue weighted by molar-refractivity contribution is 0.467. The fraction of sp³-hybridized carbons (Fsp3) is 0.0952. The SMILES string of the molecule is C[C+]1c2ccccc2C(c2ccccc2O)c2ccccc21. The van der Waals surface area contributed by atoms with Crippen molar-refractivity contribution in [3.05, 3.63) is 107 Å². The number of fused-ring (bicyclic) bond motifs is 2. The highest BCUT2D eigenvalue weighted by Crippen LogP contribution is 2.47. The van der Waals surface area contributed by atoms with Gasteiger partial charge in [-0.25, -0.2) is 0 Å². The lowest BCUT2D eigenvalue weighted by atomic mass is 9.70. The maximum Gasteiger partial charge on any atom is 0.121 e. The van der Waals surface area contributed by atoms with E-state index in [0.717, 1.165) is 5.56 Å². The van der Waals surface area contributed by atoms with Crippen molar-refractivity contribution in [2.75, 3.05) is 0 Å². The Kier molecular flexibility index (Phi) is 2.93. The van der Waals surface area contributed by atoms with Gasteiger partial charge < -0.3 is 5.11 Å². The normalized spacial score (nSPS) is 13.6. The Morgan fingerprint density at radius 2 is 1.14 bits per heavy atom. The largest absolute Gasteiger partial charge is 0.508 e. The maximum atomic E-state index is 10.4. The van der Waals surface area contributed by atoms with Gasteiger partial charge in [0, 0.05) is 34.7 Å². The monoisotopic (exact) mass is 285 g/mol. The summed E-state index contributed by atoms with van der Waals surface area (Å²) in [6, 6.07) is 24.7. The van der Waals surface area contributed by atoms with Gasteiger partial charge in [-0.3, -0.25) is 0 Å². The minimum absolute atomic E-state index is 0.0808. The summed E-state index contributed by atoms with van der Waals surface area (Å²) in [4.78, 5) is 0. The zero-order chi connectivity index (χ0) is 15.1. The molecule has 1 nitrogen and oxygen atoms in total. The molecule has 0 spiro atoms. The number of benzene rings is 3. The van der Waals surface area contributed by atoms with E-state index in [4.69, 9.17) is 0 Å². The van der Waals surface area contributed by atoms with Gasteiger partial charge in [0.15, 0.2) is 0 Å². The van der Waals surface area contributed by atoms with Crippen LogP contribution in [0.5, 0.6) is 5.75 Å². The first-order valence-corrected chi connectivity index (χ1v) is 7.57. The highest BCUT2D eigenvalue weighted by Gasteiger charge is 2.37. The van der Waals surface area contributed by atoms with Crippen LogP contribution in [-0.2, 0) is 0 Å². The second kappa shape index (κ2) is 4.96. The second-order valence-corrected chi connectivity index (χ2v) is 5.79. The molecule has 1 N–H and O–H groups in total. The topological polar surface area (TPSA) is 20.2 Å².